The molecule has 3 heteroatoms. The number of carboxylic acid groups (broad SMARTS) is 1. The Kier molecular flexibility index (Phi) is 4.08. The van der Waals surface area contributed by atoms with Crippen molar-refractivity contribution in [3.63, 3.8) is 0 Å². The van der Waals surface area contributed by atoms with Crippen molar-refractivity contribution in [1.29, 1.82) is 0 Å². The Morgan fingerprint density at radius 2 is 2.00 bits per heavy atom. The molecule has 17 heavy (non-hydrogen) atoms. The standard InChI is InChI=1S/C14H25NO2/c1-2-12-7-6-10-15(11-12)14(13(16)17)8-4-3-5-9-14/h12H,2-11H2,1H3,(H,16,17). The zero-order chi connectivity index (χ0) is 12.3. The van der Waals surface area contributed by atoms with E-state index in [-0.39, 0.29) is 0 Å². The minimum absolute atomic E-state index is 0.522. The lowest BCUT2D eigenvalue weighted by atomic mass is 9.78. The molecule has 2 fully saturated rings. The molecule has 1 N–H and O–H groups in total. The molecule has 1 atom stereocenters. The maximum absolute atomic E-state index is 11.7. The Balaban J connectivity index is 2.12. The number of carboxylic acids is 1. The van der Waals surface area contributed by atoms with Gasteiger partial charge in [-0.15, -0.1) is 0 Å². The van der Waals surface area contributed by atoms with E-state index in [9.17, 15) is 9.90 Å². The zero-order valence-corrected chi connectivity index (χ0v) is 11.0. The van der Waals surface area contributed by atoms with E-state index in [1.807, 2.05) is 0 Å². The highest BCUT2D eigenvalue weighted by atomic mass is 16.4. The van der Waals surface area contributed by atoms with Gasteiger partial charge in [0.05, 0.1) is 0 Å². The van der Waals surface area contributed by atoms with Crippen LogP contribution in [0, 0.1) is 5.92 Å². The van der Waals surface area contributed by atoms with Gasteiger partial charge in [0.2, 0.25) is 0 Å². The molecule has 1 saturated heterocycles. The van der Waals surface area contributed by atoms with Crippen molar-refractivity contribution < 1.29 is 9.90 Å². The summed E-state index contributed by atoms with van der Waals surface area (Å²) in [5.41, 5.74) is -0.522. The molecule has 0 spiro atoms. The quantitative estimate of drug-likeness (QED) is 0.823. The highest BCUT2D eigenvalue weighted by molar-refractivity contribution is 5.79. The monoisotopic (exact) mass is 239 g/mol. The van der Waals surface area contributed by atoms with Crippen LogP contribution >= 0.6 is 0 Å². The Bertz CT molecular complexity index is 271. The normalized spacial score (nSPS) is 30.1. The van der Waals surface area contributed by atoms with E-state index >= 15 is 0 Å². The number of piperidine rings is 1. The second kappa shape index (κ2) is 5.38. The van der Waals surface area contributed by atoms with E-state index in [1.54, 1.807) is 0 Å². The summed E-state index contributed by atoms with van der Waals surface area (Å²) in [6, 6.07) is 0. The van der Waals surface area contributed by atoms with Crippen LogP contribution in [0.15, 0.2) is 0 Å². The minimum atomic E-state index is -0.575. The molecule has 0 aromatic rings. The number of rotatable bonds is 3. The fraction of sp³-hybridized carbons (Fsp3) is 0.929. The van der Waals surface area contributed by atoms with E-state index in [4.69, 9.17) is 0 Å². The smallest absolute Gasteiger partial charge is 0.324 e. The van der Waals surface area contributed by atoms with Crippen LogP contribution in [0.2, 0.25) is 0 Å². The fourth-order valence-corrected chi connectivity index (χ4v) is 3.59. The fourth-order valence-electron chi connectivity index (χ4n) is 3.59. The van der Waals surface area contributed by atoms with Gasteiger partial charge < -0.3 is 5.11 Å². The van der Waals surface area contributed by atoms with Gasteiger partial charge in [0.25, 0.3) is 0 Å². The van der Waals surface area contributed by atoms with Crippen LogP contribution in [-0.2, 0) is 4.79 Å². The zero-order valence-electron chi connectivity index (χ0n) is 11.0. The Morgan fingerprint density at radius 3 is 2.59 bits per heavy atom. The number of aliphatic carboxylic acids is 1. The van der Waals surface area contributed by atoms with Crippen molar-refractivity contribution in [3.8, 4) is 0 Å². The van der Waals surface area contributed by atoms with Crippen molar-refractivity contribution >= 4 is 5.97 Å². The first-order valence-electron chi connectivity index (χ1n) is 7.17. The Labute approximate surface area is 104 Å². The molecule has 1 heterocycles. The van der Waals surface area contributed by atoms with Gasteiger partial charge in [0.15, 0.2) is 0 Å². The first kappa shape index (κ1) is 12.9. The average molecular weight is 239 g/mol. The summed E-state index contributed by atoms with van der Waals surface area (Å²) in [5.74, 6) is 0.135. The molecule has 1 aliphatic heterocycles. The summed E-state index contributed by atoms with van der Waals surface area (Å²) >= 11 is 0. The Morgan fingerprint density at radius 1 is 1.29 bits per heavy atom. The van der Waals surface area contributed by atoms with Gasteiger partial charge in [0, 0.05) is 6.54 Å². The van der Waals surface area contributed by atoms with Crippen molar-refractivity contribution in [2.75, 3.05) is 13.1 Å². The molecule has 0 radical (unpaired) electrons. The van der Waals surface area contributed by atoms with Gasteiger partial charge in [-0.2, -0.15) is 0 Å². The summed E-state index contributed by atoms with van der Waals surface area (Å²) in [7, 11) is 0. The molecule has 98 valence electrons. The molecular weight excluding hydrogens is 214 g/mol. The van der Waals surface area contributed by atoms with Crippen LogP contribution in [0.1, 0.15) is 58.3 Å². The topological polar surface area (TPSA) is 40.5 Å². The minimum Gasteiger partial charge on any atom is -0.480 e. The molecule has 3 nitrogen and oxygen atoms in total. The number of hydrogen-bond donors (Lipinski definition) is 1. The first-order chi connectivity index (χ1) is 8.19. The second-order valence-electron chi connectivity index (χ2n) is 5.76. The number of hydrogen-bond acceptors (Lipinski definition) is 2. The van der Waals surface area contributed by atoms with E-state index in [1.165, 1.54) is 25.7 Å². The summed E-state index contributed by atoms with van der Waals surface area (Å²) in [6.07, 6.45) is 8.74. The molecule has 2 aliphatic rings. The molecule has 0 bridgehead atoms. The second-order valence-corrected chi connectivity index (χ2v) is 5.76. The maximum Gasteiger partial charge on any atom is 0.324 e. The maximum atomic E-state index is 11.7. The van der Waals surface area contributed by atoms with E-state index < -0.39 is 11.5 Å². The average Bonchev–Trinajstić information content (AvgIpc) is 2.39. The molecule has 1 unspecified atom stereocenters. The van der Waals surface area contributed by atoms with Crippen LogP contribution in [0.5, 0.6) is 0 Å². The number of carbonyl (C=O) groups is 1. The SMILES string of the molecule is CCC1CCCN(C2(C(=O)O)CCCCC2)C1. The van der Waals surface area contributed by atoms with E-state index in [2.05, 4.69) is 11.8 Å². The molecule has 1 aliphatic carbocycles. The largest absolute Gasteiger partial charge is 0.480 e. The molecule has 0 aromatic heterocycles. The molecule has 2 rings (SSSR count). The van der Waals surface area contributed by atoms with Crippen LogP contribution in [0.4, 0.5) is 0 Å². The third kappa shape index (κ3) is 2.49. The molecule has 0 aromatic carbocycles. The highest BCUT2D eigenvalue weighted by Crippen LogP contribution is 2.37. The van der Waals surface area contributed by atoms with Gasteiger partial charge in [0.1, 0.15) is 5.54 Å². The predicted molar refractivity (Wildman–Crippen MR) is 68.0 cm³/mol. The lowest BCUT2D eigenvalue weighted by molar-refractivity contribution is -0.156. The van der Waals surface area contributed by atoms with Crippen molar-refractivity contribution in [2.24, 2.45) is 5.92 Å². The molecular formula is C14H25NO2. The van der Waals surface area contributed by atoms with Gasteiger partial charge in [-0.3, -0.25) is 9.69 Å². The summed E-state index contributed by atoms with van der Waals surface area (Å²) in [6.45, 7) is 4.22. The lowest BCUT2D eigenvalue weighted by Crippen LogP contribution is -2.58. The van der Waals surface area contributed by atoms with Crippen molar-refractivity contribution in [2.45, 2.75) is 63.8 Å². The predicted octanol–water partition coefficient (Wildman–Crippen LogP) is 2.90. The molecule has 0 amide bonds. The summed E-state index contributed by atoms with van der Waals surface area (Å²) < 4.78 is 0. The third-order valence-corrected chi connectivity index (χ3v) is 4.78. The van der Waals surface area contributed by atoms with Gasteiger partial charge >= 0.3 is 5.97 Å². The van der Waals surface area contributed by atoms with Crippen molar-refractivity contribution in [3.05, 3.63) is 0 Å². The lowest BCUT2D eigenvalue weighted by Gasteiger charge is -2.46. The van der Waals surface area contributed by atoms with Crippen LogP contribution in [0.3, 0.4) is 0 Å². The first-order valence-corrected chi connectivity index (χ1v) is 7.17. The van der Waals surface area contributed by atoms with E-state index in [0.717, 1.165) is 38.8 Å². The number of nitrogens with zero attached hydrogens (tertiary/aromatic N) is 1. The van der Waals surface area contributed by atoms with Crippen LogP contribution < -0.4 is 0 Å². The van der Waals surface area contributed by atoms with Gasteiger partial charge in [-0.1, -0.05) is 32.6 Å². The van der Waals surface area contributed by atoms with E-state index in [0.29, 0.717) is 5.92 Å². The van der Waals surface area contributed by atoms with Crippen LogP contribution in [-0.4, -0.2) is 34.6 Å². The summed E-state index contributed by atoms with van der Waals surface area (Å²) in [5, 5.41) is 9.66. The summed E-state index contributed by atoms with van der Waals surface area (Å²) in [4.78, 5) is 14.0. The van der Waals surface area contributed by atoms with Crippen LogP contribution in [0.25, 0.3) is 0 Å². The number of likely N-dealkylation sites (tertiary alicyclic amines) is 1. The third-order valence-electron chi connectivity index (χ3n) is 4.78. The highest BCUT2D eigenvalue weighted by Gasteiger charge is 2.45. The van der Waals surface area contributed by atoms with Gasteiger partial charge in [-0.25, -0.2) is 0 Å². The van der Waals surface area contributed by atoms with Crippen molar-refractivity contribution in [1.82, 2.24) is 4.90 Å². The van der Waals surface area contributed by atoms with Gasteiger partial charge in [-0.05, 0) is 38.1 Å². The Hall–Kier alpha value is -0.570. The molecule has 1 saturated carbocycles.